The van der Waals surface area contributed by atoms with Crippen LogP contribution in [-0.4, -0.2) is 22.7 Å². The largest absolute Gasteiger partial charge is 0.273 e. The van der Waals surface area contributed by atoms with E-state index in [0.29, 0.717) is 17.8 Å². The average molecular weight is 276 g/mol. The van der Waals surface area contributed by atoms with Gasteiger partial charge in [0.2, 0.25) is 17.7 Å². The summed E-state index contributed by atoms with van der Waals surface area (Å²) in [5.41, 5.74) is 2.32. The van der Waals surface area contributed by atoms with Gasteiger partial charge in [-0.15, -0.1) is 0 Å². The van der Waals surface area contributed by atoms with Crippen LogP contribution in [-0.2, 0) is 14.4 Å². The van der Waals surface area contributed by atoms with Gasteiger partial charge in [0.25, 0.3) is 0 Å². The molecule has 1 N–H and O–H groups in total. The van der Waals surface area contributed by atoms with Gasteiger partial charge in [-0.2, -0.15) is 5.01 Å². The number of rotatable bonds is 2. The van der Waals surface area contributed by atoms with Crippen LogP contribution in [0.5, 0.6) is 0 Å². The van der Waals surface area contributed by atoms with Crippen molar-refractivity contribution in [2.45, 2.75) is 51.4 Å². The minimum atomic E-state index is -0.308. The zero-order valence-electron chi connectivity index (χ0n) is 11.6. The molecule has 4 saturated carbocycles. The topological polar surface area (TPSA) is 66.5 Å². The van der Waals surface area contributed by atoms with E-state index in [9.17, 15) is 14.4 Å². The van der Waals surface area contributed by atoms with Crippen molar-refractivity contribution >= 4 is 17.7 Å². The summed E-state index contributed by atoms with van der Waals surface area (Å²) in [7, 11) is 0. The molecule has 5 nitrogen and oxygen atoms in total. The number of carbonyl (C=O) groups excluding carboxylic acids is 3. The highest BCUT2D eigenvalue weighted by Crippen LogP contribution is 2.60. The van der Waals surface area contributed by atoms with Crippen molar-refractivity contribution in [3.63, 3.8) is 0 Å². The maximum absolute atomic E-state index is 12.7. The molecule has 0 unspecified atom stereocenters. The Morgan fingerprint density at radius 3 is 1.85 bits per heavy atom. The Labute approximate surface area is 118 Å². The summed E-state index contributed by atoms with van der Waals surface area (Å²) in [5.74, 6) is 1.41. The zero-order chi connectivity index (χ0) is 13.9. The van der Waals surface area contributed by atoms with E-state index in [4.69, 9.17) is 0 Å². The summed E-state index contributed by atoms with van der Waals surface area (Å²) < 4.78 is 0. The molecule has 0 atom stereocenters. The Morgan fingerprint density at radius 2 is 1.40 bits per heavy atom. The van der Waals surface area contributed by atoms with E-state index in [1.165, 1.54) is 19.3 Å². The van der Waals surface area contributed by atoms with Crippen LogP contribution >= 0.6 is 0 Å². The van der Waals surface area contributed by atoms with Crippen LogP contribution in [0.1, 0.15) is 51.4 Å². The fourth-order valence-electron chi connectivity index (χ4n) is 5.31. The normalized spacial score (nSPS) is 42.4. The summed E-state index contributed by atoms with van der Waals surface area (Å²) in [6.07, 6.45) is 7.10. The number of hydrazine groups is 1. The van der Waals surface area contributed by atoms with Gasteiger partial charge >= 0.3 is 0 Å². The fourth-order valence-corrected chi connectivity index (χ4v) is 5.31. The molecule has 108 valence electrons. The molecule has 0 aromatic carbocycles. The molecule has 1 saturated heterocycles. The van der Waals surface area contributed by atoms with Gasteiger partial charge in [-0.25, -0.2) is 0 Å². The Balaban J connectivity index is 1.53. The molecule has 5 fully saturated rings. The van der Waals surface area contributed by atoms with Gasteiger partial charge in [0.15, 0.2) is 0 Å². The number of nitrogens with zero attached hydrogens (tertiary/aromatic N) is 1. The minimum absolute atomic E-state index is 0.0831. The fraction of sp³-hybridized carbons (Fsp3) is 0.800. The van der Waals surface area contributed by atoms with Crippen LogP contribution in [0.2, 0.25) is 0 Å². The van der Waals surface area contributed by atoms with Crippen molar-refractivity contribution in [2.75, 3.05) is 0 Å². The predicted octanol–water partition coefficient (Wildman–Crippen LogP) is 1.38. The molecule has 4 bridgehead atoms. The lowest BCUT2D eigenvalue weighted by Crippen LogP contribution is -2.57. The van der Waals surface area contributed by atoms with Crippen molar-refractivity contribution in [2.24, 2.45) is 23.2 Å². The molecule has 0 aromatic rings. The SMILES string of the molecule is O=C1CCC(=O)N1NC(=O)C12CC3CC(CC(C3)C1)C2. The Kier molecular flexibility index (Phi) is 2.51. The summed E-state index contributed by atoms with van der Waals surface area (Å²) in [6, 6.07) is 0. The molecule has 20 heavy (non-hydrogen) atoms. The predicted molar refractivity (Wildman–Crippen MR) is 69.8 cm³/mol. The van der Waals surface area contributed by atoms with Crippen LogP contribution in [0, 0.1) is 23.2 Å². The van der Waals surface area contributed by atoms with Crippen LogP contribution in [0.4, 0.5) is 0 Å². The highest BCUT2D eigenvalue weighted by Gasteiger charge is 2.55. The van der Waals surface area contributed by atoms with Gasteiger partial charge in [-0.1, -0.05) is 0 Å². The average Bonchev–Trinajstić information content (AvgIpc) is 2.69. The molecular formula is C15H20N2O3. The molecule has 0 spiro atoms. The number of imide groups is 1. The number of carbonyl (C=O) groups is 3. The van der Waals surface area contributed by atoms with Gasteiger partial charge in [-0.3, -0.25) is 19.8 Å². The second kappa shape index (κ2) is 4.06. The monoisotopic (exact) mass is 276 g/mol. The molecular weight excluding hydrogens is 256 g/mol. The quantitative estimate of drug-likeness (QED) is 0.775. The lowest BCUT2D eigenvalue weighted by molar-refractivity contribution is -0.159. The number of amides is 3. The number of nitrogens with one attached hydrogen (secondary N) is 1. The molecule has 3 amide bonds. The maximum atomic E-state index is 12.7. The molecule has 0 aromatic heterocycles. The van der Waals surface area contributed by atoms with Gasteiger partial charge in [0, 0.05) is 12.8 Å². The summed E-state index contributed by atoms with van der Waals surface area (Å²) in [4.78, 5) is 36.0. The van der Waals surface area contributed by atoms with Crippen LogP contribution < -0.4 is 5.43 Å². The summed E-state index contributed by atoms with van der Waals surface area (Å²) in [6.45, 7) is 0. The van der Waals surface area contributed by atoms with E-state index >= 15 is 0 Å². The second-order valence-corrected chi connectivity index (χ2v) is 7.26. The molecule has 0 radical (unpaired) electrons. The zero-order valence-corrected chi connectivity index (χ0v) is 11.6. The lowest BCUT2D eigenvalue weighted by atomic mass is 9.49. The third kappa shape index (κ3) is 1.71. The number of hydrogen-bond acceptors (Lipinski definition) is 3. The van der Waals surface area contributed by atoms with Crippen LogP contribution in [0.3, 0.4) is 0 Å². The number of hydrogen-bond donors (Lipinski definition) is 1. The smallest absolute Gasteiger partial charge is 0.248 e. The van der Waals surface area contributed by atoms with E-state index in [1.807, 2.05) is 0 Å². The van der Waals surface area contributed by atoms with E-state index in [1.54, 1.807) is 0 Å². The molecule has 1 aliphatic heterocycles. The first-order valence-electron chi connectivity index (χ1n) is 7.73. The third-order valence-electron chi connectivity index (χ3n) is 5.78. The molecule has 5 rings (SSSR count). The highest BCUT2D eigenvalue weighted by atomic mass is 16.2. The third-order valence-corrected chi connectivity index (χ3v) is 5.78. The minimum Gasteiger partial charge on any atom is -0.273 e. The van der Waals surface area contributed by atoms with Gasteiger partial charge < -0.3 is 0 Å². The molecule has 5 aliphatic rings. The van der Waals surface area contributed by atoms with E-state index < -0.39 is 0 Å². The first kappa shape index (κ1) is 12.4. The molecule has 1 heterocycles. The first-order valence-corrected chi connectivity index (χ1v) is 7.73. The second-order valence-electron chi connectivity index (χ2n) is 7.26. The van der Waals surface area contributed by atoms with Crippen molar-refractivity contribution in [1.29, 1.82) is 0 Å². The van der Waals surface area contributed by atoms with Gasteiger partial charge in [0.1, 0.15) is 0 Å². The van der Waals surface area contributed by atoms with E-state index in [-0.39, 0.29) is 36.0 Å². The Bertz CT molecular complexity index is 448. The Hall–Kier alpha value is -1.39. The summed E-state index contributed by atoms with van der Waals surface area (Å²) in [5, 5.41) is 0.959. The highest BCUT2D eigenvalue weighted by molar-refractivity contribution is 6.03. The Morgan fingerprint density at radius 1 is 0.950 bits per heavy atom. The van der Waals surface area contributed by atoms with Gasteiger partial charge in [-0.05, 0) is 56.3 Å². The van der Waals surface area contributed by atoms with Crippen LogP contribution in [0.25, 0.3) is 0 Å². The first-order chi connectivity index (χ1) is 9.56. The van der Waals surface area contributed by atoms with Crippen molar-refractivity contribution < 1.29 is 14.4 Å². The van der Waals surface area contributed by atoms with E-state index in [2.05, 4.69) is 5.43 Å². The van der Waals surface area contributed by atoms with Crippen molar-refractivity contribution in [3.05, 3.63) is 0 Å². The van der Waals surface area contributed by atoms with Crippen molar-refractivity contribution in [3.8, 4) is 0 Å². The lowest BCUT2D eigenvalue weighted by Gasteiger charge is -2.55. The van der Waals surface area contributed by atoms with Crippen LogP contribution in [0.15, 0.2) is 0 Å². The molecule has 5 heteroatoms. The standard InChI is InChI=1S/C15H20N2O3/c18-12-1-2-13(19)17(12)16-14(20)15-6-9-3-10(7-15)5-11(4-9)8-15/h9-11H,1-8H2,(H,16,20). The molecule has 4 aliphatic carbocycles. The van der Waals surface area contributed by atoms with E-state index in [0.717, 1.165) is 24.3 Å². The maximum Gasteiger partial charge on any atom is 0.248 e. The van der Waals surface area contributed by atoms with Crippen molar-refractivity contribution in [1.82, 2.24) is 10.4 Å². The van der Waals surface area contributed by atoms with Gasteiger partial charge in [0.05, 0.1) is 5.41 Å². The summed E-state index contributed by atoms with van der Waals surface area (Å²) >= 11 is 0.